The lowest BCUT2D eigenvalue weighted by Crippen LogP contribution is -2.10. The zero-order valence-corrected chi connectivity index (χ0v) is 30.4. The number of fused-ring (bicyclic) bond motifs is 1. The smallest absolute Gasteiger partial charge is 0.296 e. The molecule has 6 aromatic rings. The summed E-state index contributed by atoms with van der Waals surface area (Å²) in [4.78, 5) is -0.470. The van der Waals surface area contributed by atoms with Crippen molar-refractivity contribution in [3.8, 4) is 17.2 Å². The number of nitrogens with one attached hydrogen (secondary N) is 3. The van der Waals surface area contributed by atoms with Crippen LogP contribution in [0.15, 0.2) is 135 Å². The Morgan fingerprint density at radius 3 is 2.04 bits per heavy atom. The maximum atomic E-state index is 13.0. The van der Waals surface area contributed by atoms with Crippen molar-refractivity contribution in [1.29, 1.82) is 0 Å². The van der Waals surface area contributed by atoms with E-state index in [-0.39, 0.29) is 33.2 Å². The van der Waals surface area contributed by atoms with Gasteiger partial charge in [-0.2, -0.15) is 8.42 Å². The van der Waals surface area contributed by atoms with E-state index in [2.05, 4.69) is 26.4 Å². The second-order valence-electron chi connectivity index (χ2n) is 11.9. The number of benzene rings is 6. The van der Waals surface area contributed by atoms with Gasteiger partial charge in [0.15, 0.2) is 15.6 Å². The Morgan fingerprint density at radius 1 is 0.698 bits per heavy atom. The van der Waals surface area contributed by atoms with Gasteiger partial charge in [0, 0.05) is 28.9 Å². The van der Waals surface area contributed by atoms with Gasteiger partial charge in [-0.3, -0.25) is 9.98 Å². The number of anilines is 4. The van der Waals surface area contributed by atoms with Crippen molar-refractivity contribution in [2.45, 2.75) is 22.5 Å². The fourth-order valence-corrected chi connectivity index (χ4v) is 7.45. The molecule has 0 saturated heterocycles. The van der Waals surface area contributed by atoms with Gasteiger partial charge >= 0.3 is 0 Å². The van der Waals surface area contributed by atoms with Crippen molar-refractivity contribution in [3.05, 3.63) is 126 Å². The molecule has 5 N–H and O–H groups in total. The molecule has 53 heavy (non-hydrogen) atoms. The predicted octanol–water partition coefficient (Wildman–Crippen LogP) is 8.69. The number of hydrogen-bond donors (Lipinski definition) is 5. The van der Waals surface area contributed by atoms with Crippen LogP contribution in [0, 0.1) is 6.92 Å². The Labute approximate surface area is 306 Å². The Kier molecular flexibility index (Phi) is 10.5. The summed E-state index contributed by atoms with van der Waals surface area (Å²) in [5.74, 6) is -0.153. The van der Waals surface area contributed by atoms with E-state index >= 15 is 0 Å². The SMILES string of the molecule is COc1cc(NNc2ccc(S(=O)(=O)Cc3ccc(C)cc3)cc2)c(OC)cc1N=Nc1c(S(=O)(=O)O)cc2cc(Nc3ccccc3)ccc2c1O. The lowest BCUT2D eigenvalue weighted by molar-refractivity contribution is 0.405. The molecule has 0 aliphatic heterocycles. The van der Waals surface area contributed by atoms with Crippen molar-refractivity contribution in [2.24, 2.45) is 10.2 Å². The summed E-state index contributed by atoms with van der Waals surface area (Å²) in [6.45, 7) is 1.94. The van der Waals surface area contributed by atoms with Crippen molar-refractivity contribution in [1.82, 2.24) is 0 Å². The van der Waals surface area contributed by atoms with Gasteiger partial charge < -0.3 is 25.3 Å². The van der Waals surface area contributed by atoms with E-state index in [1.54, 1.807) is 48.5 Å². The number of ether oxygens (including phenoxy) is 2. The minimum atomic E-state index is -4.86. The maximum Gasteiger partial charge on any atom is 0.296 e. The molecule has 13 nitrogen and oxygen atoms in total. The van der Waals surface area contributed by atoms with E-state index in [4.69, 9.17) is 9.47 Å². The van der Waals surface area contributed by atoms with Gasteiger partial charge in [-0.1, -0.05) is 48.0 Å². The molecule has 0 radical (unpaired) electrons. The van der Waals surface area contributed by atoms with Crippen LogP contribution in [0.4, 0.5) is 34.1 Å². The second kappa shape index (κ2) is 15.2. The minimum Gasteiger partial charge on any atom is -0.505 e. The molecule has 0 fully saturated rings. The number of nitrogens with zero attached hydrogens (tertiary/aromatic N) is 2. The van der Waals surface area contributed by atoms with Crippen molar-refractivity contribution >= 4 is 64.9 Å². The normalized spacial score (nSPS) is 11.8. The molecule has 0 spiro atoms. The maximum absolute atomic E-state index is 13.0. The molecule has 6 rings (SSSR count). The van der Waals surface area contributed by atoms with Crippen LogP contribution >= 0.6 is 0 Å². The molecule has 15 heteroatoms. The fourth-order valence-electron chi connectivity index (χ4n) is 5.44. The highest BCUT2D eigenvalue weighted by molar-refractivity contribution is 7.90. The molecular weight excluding hydrogens is 719 g/mol. The molecule has 0 unspecified atom stereocenters. The first-order valence-corrected chi connectivity index (χ1v) is 19.1. The Morgan fingerprint density at radius 2 is 1.38 bits per heavy atom. The fraction of sp³-hybridized carbons (Fsp3) is 0.105. The molecule has 0 aliphatic carbocycles. The van der Waals surface area contributed by atoms with Crippen LogP contribution in [0.2, 0.25) is 0 Å². The first-order chi connectivity index (χ1) is 25.3. The summed E-state index contributed by atoms with van der Waals surface area (Å²) in [5.41, 5.74) is 9.77. The Balaban J connectivity index is 1.23. The van der Waals surface area contributed by atoms with Crippen molar-refractivity contribution in [3.63, 3.8) is 0 Å². The summed E-state index contributed by atoms with van der Waals surface area (Å²) in [6, 6.07) is 32.1. The number of azo groups is 1. The molecule has 6 aromatic carbocycles. The van der Waals surface area contributed by atoms with E-state index in [1.165, 1.54) is 38.5 Å². The van der Waals surface area contributed by atoms with Crippen LogP contribution in [0.25, 0.3) is 10.8 Å². The molecule has 0 bridgehead atoms. The average molecular weight is 754 g/mol. The van der Waals surface area contributed by atoms with Crippen LogP contribution in [0.1, 0.15) is 11.1 Å². The molecule has 0 heterocycles. The van der Waals surface area contributed by atoms with Crippen molar-refractivity contribution < 1.29 is 36.0 Å². The van der Waals surface area contributed by atoms with Crippen LogP contribution < -0.4 is 25.6 Å². The number of para-hydroxylation sites is 1. The first-order valence-electron chi connectivity index (χ1n) is 16.0. The first kappa shape index (κ1) is 36.6. The molecular formula is C38H35N5O8S2. The van der Waals surface area contributed by atoms with E-state index in [0.717, 1.165) is 11.3 Å². The zero-order chi connectivity index (χ0) is 37.8. The number of rotatable bonds is 13. The number of aryl methyl sites for hydroxylation is 1. The second-order valence-corrected chi connectivity index (χ2v) is 15.3. The summed E-state index contributed by atoms with van der Waals surface area (Å²) >= 11 is 0. The third kappa shape index (κ3) is 8.49. The van der Waals surface area contributed by atoms with Crippen LogP contribution in [0.5, 0.6) is 17.2 Å². The zero-order valence-electron chi connectivity index (χ0n) is 28.7. The van der Waals surface area contributed by atoms with E-state index in [1.807, 2.05) is 49.4 Å². The molecule has 0 atom stereocenters. The van der Waals surface area contributed by atoms with Gasteiger partial charge in [-0.15, -0.1) is 10.2 Å². The highest BCUT2D eigenvalue weighted by atomic mass is 32.2. The molecule has 0 aromatic heterocycles. The highest BCUT2D eigenvalue weighted by Gasteiger charge is 2.23. The number of methoxy groups -OCH3 is 2. The van der Waals surface area contributed by atoms with E-state index in [0.29, 0.717) is 28.0 Å². The highest BCUT2D eigenvalue weighted by Crippen LogP contribution is 2.44. The summed E-state index contributed by atoms with van der Waals surface area (Å²) in [5, 5.41) is 23.2. The largest absolute Gasteiger partial charge is 0.505 e. The summed E-state index contributed by atoms with van der Waals surface area (Å²) in [7, 11) is -5.61. The Bertz CT molecular complexity index is 2530. The van der Waals surface area contributed by atoms with Gasteiger partial charge in [-0.05, 0) is 78.5 Å². The third-order valence-corrected chi connectivity index (χ3v) is 10.8. The molecule has 0 saturated carbocycles. The third-order valence-electron chi connectivity index (χ3n) is 8.18. The molecule has 0 amide bonds. The lowest BCUT2D eigenvalue weighted by atomic mass is 10.1. The monoisotopic (exact) mass is 753 g/mol. The standard InChI is InChI=1S/C38H35N5O8S2/c1-24-9-11-25(12-10-24)23-52(45,46)30-16-13-28(14-17-30)40-41-32-21-35(51-3)33(22-34(32)50-2)42-43-37-36(53(47,48)49)20-26-19-29(15-18-31(26)38(37)44)39-27-7-5-4-6-8-27/h4-22,39-41,44H,23H2,1-3H3,(H,47,48,49). The molecule has 0 aliphatic rings. The average Bonchev–Trinajstić information content (AvgIpc) is 3.14. The van der Waals surface area contributed by atoms with Gasteiger partial charge in [-0.25, -0.2) is 8.42 Å². The Hall–Kier alpha value is -6.16. The van der Waals surface area contributed by atoms with Gasteiger partial charge in [0.25, 0.3) is 10.1 Å². The van der Waals surface area contributed by atoms with Crippen molar-refractivity contribution in [2.75, 3.05) is 30.4 Å². The van der Waals surface area contributed by atoms with Crippen LogP contribution in [-0.4, -0.2) is 40.7 Å². The number of hydrazine groups is 1. The number of aromatic hydroxyl groups is 1. The van der Waals surface area contributed by atoms with Gasteiger partial charge in [0.1, 0.15) is 27.8 Å². The van der Waals surface area contributed by atoms with Gasteiger partial charge in [0.2, 0.25) is 0 Å². The number of sulfone groups is 1. The van der Waals surface area contributed by atoms with Gasteiger partial charge in [0.05, 0.1) is 36.2 Å². The lowest BCUT2D eigenvalue weighted by Gasteiger charge is -2.16. The number of hydrogen-bond acceptors (Lipinski definition) is 12. The number of phenols is 1. The van der Waals surface area contributed by atoms with Crippen LogP contribution in [-0.2, 0) is 25.7 Å². The molecule has 272 valence electrons. The predicted molar refractivity (Wildman–Crippen MR) is 205 cm³/mol. The minimum absolute atomic E-state index is 0.112. The summed E-state index contributed by atoms with van der Waals surface area (Å²) < 4.78 is 72.1. The summed E-state index contributed by atoms with van der Waals surface area (Å²) in [6.07, 6.45) is 0. The quantitative estimate of drug-likeness (QED) is 0.0431. The number of phenolic OH excluding ortho intramolecular Hbond substituents is 1. The van der Waals surface area contributed by atoms with E-state index < -0.39 is 36.3 Å². The van der Waals surface area contributed by atoms with E-state index in [9.17, 15) is 26.5 Å². The topological polar surface area (TPSA) is 188 Å². The van der Waals surface area contributed by atoms with Crippen LogP contribution in [0.3, 0.4) is 0 Å².